The van der Waals surface area contributed by atoms with Crippen molar-refractivity contribution in [1.82, 2.24) is 0 Å². The molecule has 0 aliphatic carbocycles. The highest BCUT2D eigenvalue weighted by Crippen LogP contribution is 2.10. The van der Waals surface area contributed by atoms with Gasteiger partial charge in [0.15, 0.2) is 0 Å². The molecule has 2 heteroatoms. The van der Waals surface area contributed by atoms with Gasteiger partial charge in [0, 0.05) is 6.61 Å². The fourth-order valence-electron chi connectivity index (χ4n) is 1.85. The van der Waals surface area contributed by atoms with Crippen LogP contribution in [0.2, 0.25) is 0 Å². The first kappa shape index (κ1) is 16.4. The van der Waals surface area contributed by atoms with Gasteiger partial charge in [0.25, 0.3) is 0 Å². The lowest BCUT2D eigenvalue weighted by Gasteiger charge is -2.05. The van der Waals surface area contributed by atoms with Crippen LogP contribution in [-0.2, 0) is 4.74 Å². The molecule has 0 heterocycles. The standard InChI is InChI=1S/C15H28NO/c1-3-4-5-6-7-8-9-10-11-12-13-17-15(2)14-16/h15H,2-13H2,1H3. The maximum atomic E-state index is 8.46. The molecule has 2 nitrogen and oxygen atoms in total. The van der Waals surface area contributed by atoms with Crippen LogP contribution in [0, 0.1) is 18.3 Å². The molecule has 1 unspecified atom stereocenters. The number of rotatable bonds is 12. The maximum absolute atomic E-state index is 8.46. The van der Waals surface area contributed by atoms with Gasteiger partial charge >= 0.3 is 0 Å². The Morgan fingerprint density at radius 3 is 1.88 bits per heavy atom. The Balaban J connectivity index is 2.97. The van der Waals surface area contributed by atoms with E-state index in [1.807, 2.05) is 6.07 Å². The molecule has 0 saturated carbocycles. The van der Waals surface area contributed by atoms with E-state index in [2.05, 4.69) is 13.8 Å². The summed E-state index contributed by atoms with van der Waals surface area (Å²) in [5.74, 6) is 0. The summed E-state index contributed by atoms with van der Waals surface area (Å²) in [6.45, 7) is 6.49. The lowest BCUT2D eigenvalue weighted by molar-refractivity contribution is 0.114. The Morgan fingerprint density at radius 2 is 1.41 bits per heavy atom. The van der Waals surface area contributed by atoms with E-state index in [0.717, 1.165) is 6.42 Å². The minimum absolute atomic E-state index is 0.492. The smallest absolute Gasteiger partial charge is 0.144 e. The minimum atomic E-state index is -0.492. The summed E-state index contributed by atoms with van der Waals surface area (Å²) in [4.78, 5) is 0. The summed E-state index contributed by atoms with van der Waals surface area (Å²) in [6, 6.07) is 1.97. The van der Waals surface area contributed by atoms with Gasteiger partial charge in [-0.3, -0.25) is 0 Å². The third kappa shape index (κ3) is 13.4. The fourth-order valence-corrected chi connectivity index (χ4v) is 1.85. The highest BCUT2D eigenvalue weighted by Gasteiger charge is 1.97. The molecular formula is C15H28NO. The van der Waals surface area contributed by atoms with E-state index in [-0.39, 0.29) is 0 Å². The topological polar surface area (TPSA) is 33.0 Å². The molecule has 0 fully saturated rings. The Hall–Kier alpha value is -0.550. The molecule has 0 amide bonds. The van der Waals surface area contributed by atoms with Crippen LogP contribution in [0.15, 0.2) is 0 Å². The summed E-state index contributed by atoms with van der Waals surface area (Å²) >= 11 is 0. The van der Waals surface area contributed by atoms with Crippen LogP contribution in [-0.4, -0.2) is 12.7 Å². The third-order valence-corrected chi connectivity index (χ3v) is 2.96. The molecule has 0 aliphatic heterocycles. The van der Waals surface area contributed by atoms with Crippen molar-refractivity contribution in [1.29, 1.82) is 5.26 Å². The van der Waals surface area contributed by atoms with Gasteiger partial charge in [0.05, 0.1) is 6.07 Å². The average Bonchev–Trinajstić information content (AvgIpc) is 2.35. The molecule has 0 rings (SSSR count). The van der Waals surface area contributed by atoms with E-state index >= 15 is 0 Å². The van der Waals surface area contributed by atoms with Crippen molar-refractivity contribution in [3.05, 3.63) is 6.92 Å². The lowest BCUT2D eigenvalue weighted by Crippen LogP contribution is -2.06. The van der Waals surface area contributed by atoms with Crippen LogP contribution in [0.1, 0.15) is 71.1 Å². The van der Waals surface area contributed by atoms with Crippen LogP contribution in [0.4, 0.5) is 0 Å². The Labute approximate surface area is 107 Å². The first-order valence-electron chi connectivity index (χ1n) is 7.15. The third-order valence-electron chi connectivity index (χ3n) is 2.96. The summed E-state index contributed by atoms with van der Waals surface area (Å²) in [5, 5.41) is 8.46. The van der Waals surface area contributed by atoms with Crippen molar-refractivity contribution < 1.29 is 4.74 Å². The summed E-state index contributed by atoms with van der Waals surface area (Å²) in [6.07, 6.45) is 12.7. The van der Waals surface area contributed by atoms with E-state index in [9.17, 15) is 0 Å². The minimum Gasteiger partial charge on any atom is -0.363 e. The highest BCUT2D eigenvalue weighted by atomic mass is 16.5. The van der Waals surface area contributed by atoms with Crippen LogP contribution in [0.5, 0.6) is 0 Å². The van der Waals surface area contributed by atoms with Gasteiger partial charge in [-0.05, 0) is 13.3 Å². The molecule has 1 radical (unpaired) electrons. The van der Waals surface area contributed by atoms with Crippen molar-refractivity contribution in [2.45, 2.75) is 77.2 Å². The SMILES string of the molecule is [CH2]C(C#N)OCCCCCCCCCCCC. The normalized spacial score (nSPS) is 12.3. The second-order valence-electron chi connectivity index (χ2n) is 4.67. The van der Waals surface area contributed by atoms with Crippen molar-refractivity contribution in [2.24, 2.45) is 0 Å². The quantitative estimate of drug-likeness (QED) is 0.464. The van der Waals surface area contributed by atoms with E-state index < -0.39 is 6.10 Å². The number of hydrogen-bond acceptors (Lipinski definition) is 2. The zero-order chi connectivity index (χ0) is 12.8. The number of ether oxygens (including phenoxy) is 1. The maximum Gasteiger partial charge on any atom is 0.144 e. The molecule has 99 valence electrons. The molecule has 0 aliphatic rings. The largest absolute Gasteiger partial charge is 0.363 e. The molecule has 0 aromatic heterocycles. The lowest BCUT2D eigenvalue weighted by atomic mass is 10.1. The molecule has 0 aromatic rings. The summed E-state index contributed by atoms with van der Waals surface area (Å²) in [5.41, 5.74) is 0. The molecule has 0 N–H and O–H groups in total. The van der Waals surface area contributed by atoms with E-state index in [1.54, 1.807) is 0 Å². The molecule has 17 heavy (non-hydrogen) atoms. The summed E-state index contributed by atoms with van der Waals surface area (Å²) in [7, 11) is 0. The Morgan fingerprint density at radius 1 is 0.941 bits per heavy atom. The van der Waals surface area contributed by atoms with Gasteiger partial charge in [-0.25, -0.2) is 0 Å². The van der Waals surface area contributed by atoms with Crippen molar-refractivity contribution in [2.75, 3.05) is 6.61 Å². The molecule has 1 atom stereocenters. The van der Waals surface area contributed by atoms with Gasteiger partial charge in [-0.1, -0.05) is 64.7 Å². The van der Waals surface area contributed by atoms with E-state index in [4.69, 9.17) is 10.00 Å². The predicted molar refractivity (Wildman–Crippen MR) is 72.6 cm³/mol. The zero-order valence-electron chi connectivity index (χ0n) is 11.4. The van der Waals surface area contributed by atoms with E-state index in [0.29, 0.717) is 6.61 Å². The first-order valence-corrected chi connectivity index (χ1v) is 7.15. The van der Waals surface area contributed by atoms with Gasteiger partial charge in [-0.2, -0.15) is 5.26 Å². The Kier molecular flexibility index (Phi) is 13.1. The number of unbranched alkanes of at least 4 members (excludes halogenated alkanes) is 9. The second kappa shape index (κ2) is 13.5. The number of hydrogen-bond donors (Lipinski definition) is 0. The van der Waals surface area contributed by atoms with Crippen molar-refractivity contribution >= 4 is 0 Å². The van der Waals surface area contributed by atoms with Crippen LogP contribution in [0.3, 0.4) is 0 Å². The second-order valence-corrected chi connectivity index (χ2v) is 4.67. The van der Waals surface area contributed by atoms with Gasteiger partial charge < -0.3 is 4.74 Å². The van der Waals surface area contributed by atoms with Crippen molar-refractivity contribution in [3.8, 4) is 6.07 Å². The zero-order valence-corrected chi connectivity index (χ0v) is 11.4. The molecule has 0 aromatic carbocycles. The van der Waals surface area contributed by atoms with Gasteiger partial charge in [0.2, 0.25) is 0 Å². The van der Waals surface area contributed by atoms with Crippen LogP contribution < -0.4 is 0 Å². The predicted octanol–water partition coefficient (Wildman–Crippen LogP) is 4.65. The highest BCUT2D eigenvalue weighted by molar-refractivity contribution is 4.85. The average molecular weight is 238 g/mol. The van der Waals surface area contributed by atoms with Crippen molar-refractivity contribution in [3.63, 3.8) is 0 Å². The fraction of sp³-hybridized carbons (Fsp3) is 0.867. The molecular weight excluding hydrogens is 210 g/mol. The first-order chi connectivity index (χ1) is 8.31. The van der Waals surface area contributed by atoms with Gasteiger partial charge in [-0.15, -0.1) is 0 Å². The number of nitrogens with zero attached hydrogens (tertiary/aromatic N) is 1. The van der Waals surface area contributed by atoms with Crippen LogP contribution in [0.25, 0.3) is 0 Å². The number of nitriles is 1. The van der Waals surface area contributed by atoms with E-state index in [1.165, 1.54) is 57.8 Å². The molecule has 0 saturated heterocycles. The van der Waals surface area contributed by atoms with Gasteiger partial charge in [0.1, 0.15) is 6.10 Å². The molecule has 0 spiro atoms. The molecule has 0 bridgehead atoms. The summed E-state index contributed by atoms with van der Waals surface area (Å²) < 4.78 is 5.19. The Bertz CT molecular complexity index is 186. The monoisotopic (exact) mass is 238 g/mol. The van der Waals surface area contributed by atoms with Crippen LogP contribution >= 0.6 is 0 Å².